The van der Waals surface area contributed by atoms with Crippen molar-refractivity contribution in [3.8, 4) is 0 Å². The van der Waals surface area contributed by atoms with Crippen molar-refractivity contribution in [1.82, 2.24) is 14.8 Å². The molecular weight excluding hydrogens is 248 g/mol. The smallest absolute Gasteiger partial charge is 0.225 e. The van der Waals surface area contributed by atoms with Crippen LogP contribution >= 0.6 is 12.6 Å². The van der Waals surface area contributed by atoms with Gasteiger partial charge in [0.25, 0.3) is 0 Å². The molecule has 1 amide bonds. The van der Waals surface area contributed by atoms with Crippen LogP contribution in [0.25, 0.3) is 0 Å². The predicted octanol–water partition coefficient (Wildman–Crippen LogP) is 1.58. The summed E-state index contributed by atoms with van der Waals surface area (Å²) in [7, 11) is 0. The summed E-state index contributed by atoms with van der Waals surface area (Å²) < 4.78 is 1.73. The summed E-state index contributed by atoms with van der Waals surface area (Å²) in [6, 6.07) is 5.73. The lowest BCUT2D eigenvalue weighted by molar-refractivity contribution is -0.115. The molecule has 0 unspecified atom stereocenters. The molecule has 2 heterocycles. The fourth-order valence-corrected chi connectivity index (χ4v) is 1.70. The number of carbonyl (C=O) groups is 1. The number of carbonyl (C=O) groups excluding carboxylic acids is 1. The van der Waals surface area contributed by atoms with E-state index in [0.717, 1.165) is 5.69 Å². The van der Waals surface area contributed by atoms with Gasteiger partial charge in [-0.15, -0.1) is 0 Å². The van der Waals surface area contributed by atoms with Gasteiger partial charge in [0, 0.05) is 18.8 Å². The van der Waals surface area contributed by atoms with Crippen molar-refractivity contribution in [2.45, 2.75) is 13.0 Å². The maximum Gasteiger partial charge on any atom is 0.225 e. The van der Waals surface area contributed by atoms with Gasteiger partial charge in [0.2, 0.25) is 5.91 Å². The van der Waals surface area contributed by atoms with E-state index in [1.165, 1.54) is 0 Å². The lowest BCUT2D eigenvalue weighted by atomic mass is 10.3. The second kappa shape index (κ2) is 6.20. The van der Waals surface area contributed by atoms with Crippen LogP contribution in [0.1, 0.15) is 12.1 Å². The van der Waals surface area contributed by atoms with Crippen LogP contribution in [0.4, 0.5) is 5.69 Å². The van der Waals surface area contributed by atoms with Crippen molar-refractivity contribution >= 4 is 24.2 Å². The second-order valence-electron chi connectivity index (χ2n) is 3.77. The van der Waals surface area contributed by atoms with Crippen LogP contribution in [0, 0.1) is 0 Å². The highest BCUT2D eigenvalue weighted by Gasteiger charge is 2.04. The summed E-state index contributed by atoms with van der Waals surface area (Å²) in [5, 5.41) is 6.92. The van der Waals surface area contributed by atoms with Gasteiger partial charge in [-0.3, -0.25) is 14.5 Å². The van der Waals surface area contributed by atoms with Gasteiger partial charge in [0.05, 0.1) is 24.1 Å². The zero-order valence-corrected chi connectivity index (χ0v) is 10.7. The first kappa shape index (κ1) is 12.6. The van der Waals surface area contributed by atoms with E-state index in [0.29, 0.717) is 24.4 Å². The first-order valence-electron chi connectivity index (χ1n) is 5.61. The third-order valence-electron chi connectivity index (χ3n) is 2.31. The molecule has 0 fully saturated rings. The summed E-state index contributed by atoms with van der Waals surface area (Å²) >= 11 is 4.01. The van der Waals surface area contributed by atoms with Gasteiger partial charge in [-0.1, -0.05) is 6.07 Å². The highest BCUT2D eigenvalue weighted by atomic mass is 32.1. The molecule has 0 bridgehead atoms. The summed E-state index contributed by atoms with van der Waals surface area (Å²) in [5.41, 5.74) is 1.62. The highest BCUT2D eigenvalue weighted by molar-refractivity contribution is 7.80. The molecule has 18 heavy (non-hydrogen) atoms. The van der Waals surface area contributed by atoms with Gasteiger partial charge >= 0.3 is 0 Å². The quantitative estimate of drug-likeness (QED) is 0.804. The number of pyridine rings is 1. The molecule has 2 aromatic rings. The van der Waals surface area contributed by atoms with E-state index in [9.17, 15) is 4.79 Å². The van der Waals surface area contributed by atoms with E-state index >= 15 is 0 Å². The van der Waals surface area contributed by atoms with Crippen molar-refractivity contribution in [2.75, 3.05) is 11.1 Å². The molecule has 6 heteroatoms. The van der Waals surface area contributed by atoms with E-state index in [1.807, 2.05) is 18.2 Å². The fourth-order valence-electron chi connectivity index (χ4n) is 1.50. The van der Waals surface area contributed by atoms with Gasteiger partial charge in [0.15, 0.2) is 0 Å². The molecule has 0 aromatic carbocycles. The Hall–Kier alpha value is -1.82. The first-order chi connectivity index (χ1) is 8.78. The van der Waals surface area contributed by atoms with Crippen LogP contribution in [0.3, 0.4) is 0 Å². The highest BCUT2D eigenvalue weighted by Crippen LogP contribution is 2.07. The van der Waals surface area contributed by atoms with Gasteiger partial charge in [-0.2, -0.15) is 17.7 Å². The number of amides is 1. The molecule has 1 N–H and O–H groups in total. The molecule has 5 nitrogen and oxygen atoms in total. The Bertz CT molecular complexity index is 512. The number of hydrogen-bond acceptors (Lipinski definition) is 4. The summed E-state index contributed by atoms with van der Waals surface area (Å²) in [5.74, 6) is 0.482. The van der Waals surface area contributed by atoms with Gasteiger partial charge in [-0.05, 0) is 17.9 Å². The Morgan fingerprint density at radius 3 is 3.06 bits per heavy atom. The number of aromatic nitrogens is 3. The van der Waals surface area contributed by atoms with Crippen LogP contribution in [0.15, 0.2) is 36.8 Å². The Labute approximate surface area is 111 Å². The largest absolute Gasteiger partial charge is 0.323 e. The Morgan fingerprint density at radius 1 is 1.44 bits per heavy atom. The molecule has 0 saturated heterocycles. The predicted molar refractivity (Wildman–Crippen MR) is 72.7 cm³/mol. The average molecular weight is 262 g/mol. The van der Waals surface area contributed by atoms with Crippen LogP contribution in [0.2, 0.25) is 0 Å². The minimum absolute atomic E-state index is 0.0533. The van der Waals surface area contributed by atoms with Crippen LogP contribution in [-0.4, -0.2) is 26.4 Å². The van der Waals surface area contributed by atoms with E-state index < -0.39 is 0 Å². The Kier molecular flexibility index (Phi) is 4.35. The minimum Gasteiger partial charge on any atom is -0.323 e. The molecule has 0 radical (unpaired) electrons. The number of rotatable bonds is 5. The van der Waals surface area contributed by atoms with E-state index in [4.69, 9.17) is 0 Å². The van der Waals surface area contributed by atoms with Crippen molar-refractivity contribution in [3.63, 3.8) is 0 Å². The fraction of sp³-hybridized carbons (Fsp3) is 0.250. The topological polar surface area (TPSA) is 59.8 Å². The zero-order valence-electron chi connectivity index (χ0n) is 9.78. The maximum atomic E-state index is 11.4. The molecule has 0 atom stereocenters. The van der Waals surface area contributed by atoms with Crippen molar-refractivity contribution < 1.29 is 4.79 Å². The monoisotopic (exact) mass is 262 g/mol. The number of nitrogens with zero attached hydrogens (tertiary/aromatic N) is 3. The van der Waals surface area contributed by atoms with Gasteiger partial charge in [0.1, 0.15) is 0 Å². The molecule has 94 valence electrons. The maximum absolute atomic E-state index is 11.4. The van der Waals surface area contributed by atoms with E-state index in [1.54, 1.807) is 23.3 Å². The lowest BCUT2D eigenvalue weighted by Gasteiger charge is -2.01. The molecule has 0 spiro atoms. The number of nitrogens with one attached hydrogen (secondary N) is 1. The SMILES string of the molecule is O=C(CCS)Nc1cnn(Cc2ccccn2)c1. The van der Waals surface area contributed by atoms with Crippen molar-refractivity contribution in [3.05, 3.63) is 42.5 Å². The molecule has 0 aliphatic heterocycles. The van der Waals surface area contributed by atoms with E-state index in [2.05, 4.69) is 28.0 Å². The summed E-state index contributed by atoms with van der Waals surface area (Å²) in [6.45, 7) is 0.587. The second-order valence-corrected chi connectivity index (χ2v) is 4.22. The third-order valence-corrected chi connectivity index (χ3v) is 2.53. The summed E-state index contributed by atoms with van der Waals surface area (Å²) in [4.78, 5) is 15.6. The first-order valence-corrected chi connectivity index (χ1v) is 6.24. The number of thiol groups is 1. The molecule has 2 rings (SSSR count). The van der Waals surface area contributed by atoms with Crippen LogP contribution in [0.5, 0.6) is 0 Å². The molecular formula is C12H14N4OS. The number of hydrogen-bond donors (Lipinski definition) is 2. The minimum atomic E-state index is -0.0533. The third kappa shape index (κ3) is 3.59. The molecule has 2 aromatic heterocycles. The molecule has 0 saturated carbocycles. The molecule has 0 aliphatic carbocycles. The van der Waals surface area contributed by atoms with Crippen LogP contribution < -0.4 is 5.32 Å². The van der Waals surface area contributed by atoms with Crippen molar-refractivity contribution in [1.29, 1.82) is 0 Å². The molecule has 0 aliphatic rings. The van der Waals surface area contributed by atoms with Crippen LogP contribution in [-0.2, 0) is 11.3 Å². The summed E-state index contributed by atoms with van der Waals surface area (Å²) in [6.07, 6.45) is 5.55. The average Bonchev–Trinajstić information content (AvgIpc) is 2.78. The zero-order chi connectivity index (χ0) is 12.8. The Morgan fingerprint density at radius 2 is 2.33 bits per heavy atom. The number of anilines is 1. The normalized spacial score (nSPS) is 10.3. The van der Waals surface area contributed by atoms with Gasteiger partial charge < -0.3 is 5.32 Å². The Balaban J connectivity index is 1.96. The lowest BCUT2D eigenvalue weighted by Crippen LogP contribution is -2.11. The van der Waals surface area contributed by atoms with E-state index in [-0.39, 0.29) is 5.91 Å². The van der Waals surface area contributed by atoms with Gasteiger partial charge in [-0.25, -0.2) is 0 Å². The van der Waals surface area contributed by atoms with Crippen molar-refractivity contribution in [2.24, 2.45) is 0 Å². The standard InChI is InChI=1S/C12H14N4OS/c17-12(4-6-18)15-11-7-14-16(9-11)8-10-3-1-2-5-13-10/h1-3,5,7,9,18H,4,6,8H2,(H,15,17).